The topological polar surface area (TPSA) is 237 Å². The van der Waals surface area contributed by atoms with E-state index in [1.165, 1.54) is 26.0 Å². The van der Waals surface area contributed by atoms with Crippen LogP contribution in [-0.4, -0.2) is 151 Å². The Morgan fingerprint density at radius 1 is 0.634 bits per heavy atom. The van der Waals surface area contributed by atoms with Gasteiger partial charge < -0.3 is 74.4 Å². The van der Waals surface area contributed by atoms with E-state index in [1.54, 1.807) is 12.1 Å². The van der Waals surface area contributed by atoms with Gasteiger partial charge in [0.2, 0.25) is 0 Å². The minimum Gasteiger partial charge on any atom is -0.508 e. The van der Waals surface area contributed by atoms with E-state index in [1.807, 2.05) is 0 Å². The van der Waals surface area contributed by atoms with Crippen molar-refractivity contribution in [2.45, 2.75) is 112 Å². The van der Waals surface area contributed by atoms with Crippen LogP contribution < -0.4 is 0 Å². The first kappa shape index (κ1) is 32.4. The Bertz CT molecular complexity index is 951. The van der Waals surface area contributed by atoms with Crippen molar-refractivity contribution in [3.8, 4) is 5.75 Å². The number of aliphatic hydroxyl groups excluding tert-OH is 8. The van der Waals surface area contributed by atoms with Crippen molar-refractivity contribution in [2.75, 3.05) is 13.2 Å². The van der Waals surface area contributed by atoms with Crippen LogP contribution >= 0.6 is 0 Å². The molecule has 3 fully saturated rings. The molecule has 3 saturated heterocycles. The monoisotopic (exact) mass is 592 g/mol. The first-order valence-electron chi connectivity index (χ1n) is 13.5. The maximum Gasteiger partial charge on any atom is 0.187 e. The van der Waals surface area contributed by atoms with Crippen LogP contribution in [0.4, 0.5) is 0 Å². The first-order chi connectivity index (χ1) is 19.4. The highest BCUT2D eigenvalue weighted by molar-refractivity contribution is 5.25. The molecule has 0 bridgehead atoms. The quantitative estimate of drug-likeness (QED) is 0.135. The molecule has 0 unspecified atom stereocenters. The number of hydrogen-bond donors (Lipinski definition) is 9. The van der Waals surface area contributed by atoms with Gasteiger partial charge in [0.1, 0.15) is 66.8 Å². The Balaban J connectivity index is 1.38. The van der Waals surface area contributed by atoms with Crippen molar-refractivity contribution >= 4 is 0 Å². The summed E-state index contributed by atoms with van der Waals surface area (Å²) in [5.74, 6) is 0.109. The summed E-state index contributed by atoms with van der Waals surface area (Å²) >= 11 is 0. The van der Waals surface area contributed by atoms with E-state index in [0.29, 0.717) is 6.42 Å². The second-order valence-corrected chi connectivity index (χ2v) is 10.6. The van der Waals surface area contributed by atoms with E-state index in [0.717, 1.165) is 5.56 Å². The summed E-state index contributed by atoms with van der Waals surface area (Å²) in [7, 11) is 0. The second-order valence-electron chi connectivity index (χ2n) is 10.6. The predicted octanol–water partition coefficient (Wildman–Crippen LogP) is -3.55. The molecule has 0 saturated carbocycles. The Morgan fingerprint density at radius 2 is 1.22 bits per heavy atom. The molecule has 15 atom stereocenters. The normalized spacial score (nSPS) is 45.5. The number of aliphatic hydroxyl groups is 8. The minimum atomic E-state index is -1.77. The van der Waals surface area contributed by atoms with Crippen LogP contribution in [0.15, 0.2) is 24.3 Å². The van der Waals surface area contributed by atoms with Crippen molar-refractivity contribution in [2.24, 2.45) is 0 Å². The van der Waals surface area contributed by atoms with E-state index in [4.69, 9.17) is 28.4 Å². The number of rotatable bonds is 9. The van der Waals surface area contributed by atoms with Gasteiger partial charge in [-0.25, -0.2) is 0 Å². The van der Waals surface area contributed by atoms with E-state index in [-0.39, 0.29) is 12.4 Å². The summed E-state index contributed by atoms with van der Waals surface area (Å²) in [6.07, 6.45) is -21.0. The highest BCUT2D eigenvalue weighted by Crippen LogP contribution is 2.32. The number of hydrogen-bond acceptors (Lipinski definition) is 15. The van der Waals surface area contributed by atoms with Gasteiger partial charge in [0.15, 0.2) is 18.9 Å². The van der Waals surface area contributed by atoms with Gasteiger partial charge in [0, 0.05) is 0 Å². The molecule has 15 heteroatoms. The summed E-state index contributed by atoms with van der Waals surface area (Å²) in [6.45, 7) is 2.37. The zero-order valence-electron chi connectivity index (χ0n) is 22.6. The van der Waals surface area contributed by atoms with Gasteiger partial charge in [-0.05, 0) is 38.0 Å². The molecular formula is C26H40O15. The van der Waals surface area contributed by atoms with E-state index < -0.39 is 98.7 Å². The molecule has 3 aliphatic heterocycles. The summed E-state index contributed by atoms with van der Waals surface area (Å²) in [5.41, 5.74) is 0.837. The Kier molecular flexibility index (Phi) is 10.9. The average molecular weight is 593 g/mol. The van der Waals surface area contributed by atoms with Crippen molar-refractivity contribution in [1.82, 2.24) is 0 Å². The molecule has 1 aromatic rings. The number of phenolic OH excluding ortho intramolecular Hbond substituents is 1. The molecule has 15 nitrogen and oxygen atoms in total. The van der Waals surface area contributed by atoms with Crippen LogP contribution in [0, 0.1) is 0 Å². The molecule has 0 spiro atoms. The minimum absolute atomic E-state index is 0.0736. The second kappa shape index (κ2) is 13.8. The molecule has 41 heavy (non-hydrogen) atoms. The average Bonchev–Trinajstić information content (AvgIpc) is 2.95. The molecule has 1 aromatic carbocycles. The van der Waals surface area contributed by atoms with Gasteiger partial charge in [0.05, 0.1) is 25.4 Å². The molecule has 9 N–H and O–H groups in total. The van der Waals surface area contributed by atoms with Gasteiger partial charge in [-0.1, -0.05) is 12.1 Å². The van der Waals surface area contributed by atoms with Gasteiger partial charge in [0.25, 0.3) is 0 Å². The van der Waals surface area contributed by atoms with Crippen molar-refractivity contribution in [1.29, 1.82) is 0 Å². The third-order valence-corrected chi connectivity index (χ3v) is 7.60. The van der Waals surface area contributed by atoms with Crippen LogP contribution in [0.1, 0.15) is 19.4 Å². The van der Waals surface area contributed by atoms with Crippen molar-refractivity contribution < 1.29 is 74.4 Å². The molecule has 0 aliphatic carbocycles. The highest BCUT2D eigenvalue weighted by Gasteiger charge is 2.52. The summed E-state index contributed by atoms with van der Waals surface area (Å²) in [4.78, 5) is 0. The lowest BCUT2D eigenvalue weighted by molar-refractivity contribution is -0.375. The van der Waals surface area contributed by atoms with Gasteiger partial charge in [-0.15, -0.1) is 0 Å². The lowest BCUT2D eigenvalue weighted by Gasteiger charge is -2.47. The largest absolute Gasteiger partial charge is 0.508 e. The number of ether oxygens (including phenoxy) is 6. The smallest absolute Gasteiger partial charge is 0.187 e. The maximum absolute atomic E-state index is 10.9. The van der Waals surface area contributed by atoms with Gasteiger partial charge in [-0.2, -0.15) is 0 Å². The molecule has 3 heterocycles. The maximum atomic E-state index is 10.9. The number of benzene rings is 1. The number of phenols is 1. The first-order valence-corrected chi connectivity index (χ1v) is 13.5. The third-order valence-electron chi connectivity index (χ3n) is 7.60. The van der Waals surface area contributed by atoms with Crippen LogP contribution in [-0.2, 0) is 34.8 Å². The molecule has 3 aliphatic rings. The summed E-state index contributed by atoms with van der Waals surface area (Å²) < 4.78 is 33.6. The van der Waals surface area contributed by atoms with Crippen LogP contribution in [0.25, 0.3) is 0 Å². The lowest BCUT2D eigenvalue weighted by atomic mass is 9.96. The van der Waals surface area contributed by atoms with Crippen molar-refractivity contribution in [3.05, 3.63) is 29.8 Å². The fraction of sp³-hybridized carbons (Fsp3) is 0.769. The van der Waals surface area contributed by atoms with Gasteiger partial charge >= 0.3 is 0 Å². The fourth-order valence-corrected chi connectivity index (χ4v) is 5.05. The molecular weight excluding hydrogens is 552 g/mol. The fourth-order valence-electron chi connectivity index (χ4n) is 5.05. The van der Waals surface area contributed by atoms with Crippen molar-refractivity contribution in [3.63, 3.8) is 0 Å². The molecule has 234 valence electrons. The lowest BCUT2D eigenvalue weighted by Crippen LogP contribution is -2.65. The summed E-state index contributed by atoms with van der Waals surface area (Å²) in [6, 6.07) is 6.42. The van der Waals surface area contributed by atoms with Gasteiger partial charge in [-0.3, -0.25) is 0 Å². The molecule has 4 rings (SSSR count). The highest BCUT2D eigenvalue weighted by atomic mass is 16.8. The van der Waals surface area contributed by atoms with E-state index >= 15 is 0 Å². The standard InChI is InChI=1S/C26H40O15/c1-10-15(29)17(31)19(33)25(37-10)40-22-11(2)38-26(20(34)18(22)32)41-23-16(30)14(9-27)39-24(21(23)35)36-8-7-12-3-5-13(28)6-4-12/h3-6,10-11,14-35H,7-9H2,1-2H3/t10-,11-,14+,15-,16+,17+,18-,19+,20+,21+,22-,23-,24+,25-,26-/m0/s1. The number of aromatic hydroxyl groups is 1. The predicted molar refractivity (Wildman–Crippen MR) is 134 cm³/mol. The van der Waals surface area contributed by atoms with Crippen LogP contribution in [0.3, 0.4) is 0 Å². The summed E-state index contributed by atoms with van der Waals surface area (Å²) in [5, 5.41) is 92.5. The zero-order chi connectivity index (χ0) is 30.0. The van der Waals surface area contributed by atoms with Crippen LogP contribution in [0.2, 0.25) is 0 Å². The van der Waals surface area contributed by atoms with Crippen LogP contribution in [0.5, 0.6) is 5.75 Å². The third kappa shape index (κ3) is 7.17. The molecule has 0 radical (unpaired) electrons. The SMILES string of the molecule is C[C@@H]1O[C@@H](O[C@@H]2[C@@H](O)[C@@H](O)[C@H](O[C@@H]3[C@@H](O)[C@H](OCCc4ccc(O)cc4)O[C@H](CO)[C@H]3O)O[C@H]2C)[C@H](O)[C@H](O)[C@H]1O. The molecule has 0 aromatic heterocycles. The zero-order valence-corrected chi connectivity index (χ0v) is 22.6. The Hall–Kier alpha value is -1.54. The Morgan fingerprint density at radius 3 is 1.85 bits per heavy atom. The van der Waals surface area contributed by atoms with E-state index in [9.17, 15) is 46.0 Å². The molecule has 0 amide bonds. The Labute approximate surface area is 236 Å². The van der Waals surface area contributed by atoms with E-state index in [2.05, 4.69) is 0 Å².